The quantitative estimate of drug-likeness (QED) is 0.401. The van der Waals surface area contributed by atoms with Crippen LogP contribution in [0.15, 0.2) is 0 Å². The van der Waals surface area contributed by atoms with E-state index < -0.39 is 0 Å². The average Bonchev–Trinajstić information content (AvgIpc) is 1.00. The number of nitrogens with zero attached hydrogens (tertiary/aromatic N) is 1. The zero-order chi connectivity index (χ0) is 2.00. The summed E-state index contributed by atoms with van der Waals surface area (Å²) in [6, 6.07) is 0. The Balaban J connectivity index is -0.00000000500. The van der Waals surface area contributed by atoms with Gasteiger partial charge in [0.25, 0.3) is 0 Å². The molecule has 0 aliphatic carbocycles. The Hall–Kier alpha value is 1.62. The second kappa shape index (κ2) is 23.1. The molecule has 0 aliphatic rings. The molecule has 0 atom stereocenters. The topological polar surface area (TPSA) is 23.8 Å². The van der Waals surface area contributed by atoms with Crippen molar-refractivity contribution in [3.63, 3.8) is 0 Å². The Morgan fingerprint density at radius 1 is 1.25 bits per heavy atom. The van der Waals surface area contributed by atoms with Crippen LogP contribution in [0.2, 0.25) is 0 Å². The van der Waals surface area contributed by atoms with Crippen LogP contribution in [0, 0.1) is 11.8 Å². The molecule has 4 heavy (non-hydrogen) atoms. The van der Waals surface area contributed by atoms with Crippen LogP contribution in [0.4, 0.5) is 0 Å². The predicted molar refractivity (Wildman–Crippen MR) is 13.8 cm³/mol. The molecular weight excluding hydrogens is 124 g/mol. The Bertz CT molecular complexity index is 12.8. The summed E-state index contributed by atoms with van der Waals surface area (Å²) in [6.45, 7) is 3.50. The first-order valence-electron chi connectivity index (χ1n) is 0.258. The molecule has 0 aromatic rings. The smallest absolute Gasteiger partial charge is 0 e. The van der Waals surface area contributed by atoms with Crippen molar-refractivity contribution < 1.29 is 16.5 Å². The van der Waals surface area contributed by atoms with E-state index in [1.54, 1.807) is 0 Å². The van der Waals surface area contributed by atoms with Crippen LogP contribution >= 0.6 is 0 Å². The second-order valence-corrected chi connectivity index (χ2v) is 0. The third kappa shape index (κ3) is 9.47. The fourth-order valence-electron chi connectivity index (χ4n) is 0. The monoisotopic (exact) mass is 125 g/mol. The SMILES string of the molecule is C#N.[KH].[Ni]. The minimum absolute atomic E-state index is 0. The van der Waals surface area contributed by atoms with Crippen LogP contribution in [-0.2, 0) is 16.5 Å². The summed E-state index contributed by atoms with van der Waals surface area (Å²) in [4.78, 5) is 0. The maximum atomic E-state index is 6.50. The number of hydrogen-bond donors (Lipinski definition) is 0. The van der Waals surface area contributed by atoms with Gasteiger partial charge in [-0.1, -0.05) is 0 Å². The van der Waals surface area contributed by atoms with Crippen molar-refractivity contribution in [2.24, 2.45) is 0 Å². The van der Waals surface area contributed by atoms with Gasteiger partial charge >= 0.3 is 51.4 Å². The molecule has 0 rings (SSSR count). The molecule has 0 amide bonds. The van der Waals surface area contributed by atoms with Gasteiger partial charge in [-0.25, -0.2) is 5.26 Å². The van der Waals surface area contributed by atoms with Gasteiger partial charge in [-0.2, -0.15) is 0 Å². The third-order valence-electron chi connectivity index (χ3n) is 0. The molecule has 22 valence electrons. The van der Waals surface area contributed by atoms with Gasteiger partial charge in [0.1, 0.15) is 0 Å². The Kier molecular flexibility index (Phi) is 101. The average molecular weight is 126 g/mol. The summed E-state index contributed by atoms with van der Waals surface area (Å²) in [5.41, 5.74) is 0. The second-order valence-electron chi connectivity index (χ2n) is 0. The molecule has 0 heterocycles. The van der Waals surface area contributed by atoms with E-state index in [1.807, 2.05) is 0 Å². The van der Waals surface area contributed by atoms with E-state index in [1.165, 1.54) is 0 Å². The van der Waals surface area contributed by atoms with Crippen molar-refractivity contribution >= 4 is 51.4 Å². The predicted octanol–water partition coefficient (Wildman–Crippen LogP) is -0.511. The van der Waals surface area contributed by atoms with Crippen LogP contribution in [0.5, 0.6) is 0 Å². The van der Waals surface area contributed by atoms with Gasteiger partial charge < -0.3 is 0 Å². The normalized spacial score (nSPS) is 0.500. The molecule has 3 heteroatoms. The van der Waals surface area contributed by atoms with Crippen LogP contribution in [-0.4, -0.2) is 51.4 Å². The van der Waals surface area contributed by atoms with Gasteiger partial charge in [0.05, 0.1) is 0 Å². The Morgan fingerprint density at radius 3 is 1.25 bits per heavy atom. The molecule has 0 aromatic heterocycles. The molecule has 0 aliphatic heterocycles. The van der Waals surface area contributed by atoms with Gasteiger partial charge in [0.15, 0.2) is 0 Å². The van der Waals surface area contributed by atoms with Crippen LogP contribution < -0.4 is 0 Å². The van der Waals surface area contributed by atoms with Gasteiger partial charge in [-0.15, -0.1) is 0 Å². The summed E-state index contributed by atoms with van der Waals surface area (Å²) in [7, 11) is 0. The molecule has 0 saturated heterocycles. The molecule has 0 radical (unpaired) electrons. The summed E-state index contributed by atoms with van der Waals surface area (Å²) < 4.78 is 0. The van der Waals surface area contributed by atoms with E-state index in [4.69, 9.17) is 5.26 Å². The number of hydrogen-bond acceptors (Lipinski definition) is 1. The van der Waals surface area contributed by atoms with E-state index in [9.17, 15) is 0 Å². The molecule has 0 N–H and O–H groups in total. The summed E-state index contributed by atoms with van der Waals surface area (Å²) >= 11 is 0. The summed E-state index contributed by atoms with van der Waals surface area (Å²) in [6.07, 6.45) is 0. The van der Waals surface area contributed by atoms with Crippen molar-refractivity contribution in [3.8, 4) is 6.57 Å². The van der Waals surface area contributed by atoms with E-state index in [0.29, 0.717) is 0 Å². The largest absolute Gasteiger partial charge is 0 e. The van der Waals surface area contributed by atoms with Crippen molar-refractivity contribution in [2.75, 3.05) is 0 Å². The van der Waals surface area contributed by atoms with Gasteiger partial charge in [0, 0.05) is 23.1 Å². The first-order chi connectivity index (χ1) is 1.00. The standard InChI is InChI=1S/CHN.K.Ni.H/c1-2;;;/h1H;;;. The maximum absolute atomic E-state index is 6.50. The van der Waals surface area contributed by atoms with Crippen LogP contribution in [0.25, 0.3) is 0 Å². The Morgan fingerprint density at radius 2 is 1.25 bits per heavy atom. The van der Waals surface area contributed by atoms with Gasteiger partial charge in [0.2, 0.25) is 0 Å². The fraction of sp³-hybridized carbons (Fsp3) is 0. The van der Waals surface area contributed by atoms with E-state index in [2.05, 4.69) is 6.57 Å². The van der Waals surface area contributed by atoms with Crippen LogP contribution in [0.3, 0.4) is 0 Å². The first kappa shape index (κ1) is 17.5. The van der Waals surface area contributed by atoms with Crippen LogP contribution in [0.1, 0.15) is 0 Å². The molecule has 1 nitrogen and oxygen atoms in total. The first-order valence-corrected chi connectivity index (χ1v) is 0.258. The van der Waals surface area contributed by atoms with Crippen molar-refractivity contribution in [3.05, 3.63) is 0 Å². The summed E-state index contributed by atoms with van der Waals surface area (Å²) in [5.74, 6) is 0. The number of rotatable bonds is 0. The zero-order valence-electron chi connectivity index (χ0n) is 1.34. The zero-order valence-corrected chi connectivity index (χ0v) is 2.33. The minimum atomic E-state index is 0. The van der Waals surface area contributed by atoms with E-state index >= 15 is 0 Å². The van der Waals surface area contributed by atoms with Crippen molar-refractivity contribution in [1.29, 1.82) is 5.26 Å². The maximum Gasteiger partial charge on any atom is 0 e. The fourth-order valence-corrected chi connectivity index (χ4v) is 0. The van der Waals surface area contributed by atoms with Crippen molar-refractivity contribution in [1.82, 2.24) is 0 Å². The molecule has 0 spiro atoms. The molecule has 0 saturated carbocycles. The molecule has 0 unspecified atom stereocenters. The third-order valence-corrected chi connectivity index (χ3v) is 0. The molecule has 0 fully saturated rings. The Labute approximate surface area is 78.1 Å². The van der Waals surface area contributed by atoms with E-state index in [0.717, 1.165) is 0 Å². The molecular formula is CH2KNNi. The minimum Gasteiger partial charge on any atom is 0 e. The summed E-state index contributed by atoms with van der Waals surface area (Å²) in [5, 5.41) is 6.50. The van der Waals surface area contributed by atoms with Crippen molar-refractivity contribution in [2.45, 2.75) is 0 Å². The molecule has 0 bridgehead atoms. The van der Waals surface area contributed by atoms with Gasteiger partial charge in [-0.3, -0.25) is 0 Å². The van der Waals surface area contributed by atoms with Gasteiger partial charge in [-0.05, 0) is 0 Å². The number of nitriles is 1. The molecule has 0 aromatic carbocycles. The van der Waals surface area contributed by atoms with E-state index in [-0.39, 0.29) is 67.9 Å².